The highest BCUT2D eigenvalue weighted by atomic mass is 32.1. The lowest BCUT2D eigenvalue weighted by molar-refractivity contribution is -0.133. The van der Waals surface area contributed by atoms with E-state index >= 15 is 0 Å². The van der Waals surface area contributed by atoms with Crippen LogP contribution in [0.5, 0.6) is 5.75 Å². The van der Waals surface area contributed by atoms with Gasteiger partial charge in [0.05, 0.1) is 31.2 Å². The number of carbonyl (C=O) groups excluding carboxylic acids is 1. The van der Waals surface area contributed by atoms with Gasteiger partial charge in [0.15, 0.2) is 5.75 Å². The molecule has 0 unspecified atom stereocenters. The zero-order chi connectivity index (χ0) is 17.0. The van der Waals surface area contributed by atoms with Crippen molar-refractivity contribution in [2.75, 3.05) is 14.2 Å². The van der Waals surface area contributed by atoms with E-state index < -0.39 is 5.97 Å². The van der Waals surface area contributed by atoms with E-state index in [1.807, 2.05) is 19.2 Å². The van der Waals surface area contributed by atoms with Gasteiger partial charge >= 0.3 is 5.97 Å². The molecule has 8 heteroatoms. The second-order valence-corrected chi connectivity index (χ2v) is 5.85. The van der Waals surface area contributed by atoms with E-state index in [0.29, 0.717) is 23.7 Å². The Labute approximate surface area is 138 Å². The van der Waals surface area contributed by atoms with Crippen molar-refractivity contribution < 1.29 is 19.0 Å². The number of methoxy groups -OCH3 is 2. The molecule has 2 heterocycles. The molecule has 0 saturated carbocycles. The smallest absolute Gasteiger partial charge is 0.343 e. The van der Waals surface area contributed by atoms with Crippen molar-refractivity contribution in [1.29, 1.82) is 0 Å². The van der Waals surface area contributed by atoms with Crippen molar-refractivity contribution in [3.63, 3.8) is 0 Å². The van der Waals surface area contributed by atoms with Crippen LogP contribution in [0.1, 0.15) is 22.1 Å². The lowest BCUT2D eigenvalue weighted by Gasteiger charge is -2.10. The first-order valence-corrected chi connectivity index (χ1v) is 7.75. The van der Waals surface area contributed by atoms with E-state index in [9.17, 15) is 4.79 Å². The monoisotopic (exact) mass is 337 g/mol. The molecule has 7 nitrogen and oxygen atoms in total. The molecule has 124 valence electrons. The van der Waals surface area contributed by atoms with Crippen LogP contribution in [0, 0.1) is 13.8 Å². The van der Waals surface area contributed by atoms with E-state index in [0.717, 1.165) is 10.7 Å². The Kier molecular flexibility index (Phi) is 5.38. The van der Waals surface area contributed by atoms with Crippen LogP contribution in [0.3, 0.4) is 0 Å². The van der Waals surface area contributed by atoms with E-state index in [4.69, 9.17) is 14.2 Å². The van der Waals surface area contributed by atoms with Crippen molar-refractivity contribution in [2.24, 2.45) is 7.05 Å². The van der Waals surface area contributed by atoms with Crippen molar-refractivity contribution in [3.05, 3.63) is 33.7 Å². The van der Waals surface area contributed by atoms with Crippen LogP contribution in [0.15, 0.2) is 11.6 Å². The standard InChI is InChI=1S/C15H19N3O4S/c1-9-14(22-6-11-8-23-10(2)16-11)13(18(3)17-9)12(7-20-4)15(19)21-5/h7-8H,6H2,1-5H3. The molecule has 2 rings (SSSR count). The molecule has 0 saturated heterocycles. The zero-order valence-corrected chi connectivity index (χ0v) is 14.6. The minimum atomic E-state index is -0.524. The maximum Gasteiger partial charge on any atom is 0.343 e. The first kappa shape index (κ1) is 17.0. The zero-order valence-electron chi connectivity index (χ0n) is 13.7. The molecule has 0 radical (unpaired) electrons. The summed E-state index contributed by atoms with van der Waals surface area (Å²) in [4.78, 5) is 16.4. The molecule has 0 N–H and O–H groups in total. The summed E-state index contributed by atoms with van der Waals surface area (Å²) < 4.78 is 17.2. The lowest BCUT2D eigenvalue weighted by Crippen LogP contribution is -2.10. The molecule has 0 bridgehead atoms. The molecule has 0 aliphatic rings. The normalized spacial score (nSPS) is 11.4. The van der Waals surface area contributed by atoms with Crippen LogP contribution in [0.25, 0.3) is 5.57 Å². The summed E-state index contributed by atoms with van der Waals surface area (Å²) in [5.41, 5.74) is 2.24. The summed E-state index contributed by atoms with van der Waals surface area (Å²) in [5.74, 6) is -0.0175. The molecule has 0 spiro atoms. The predicted molar refractivity (Wildman–Crippen MR) is 86.1 cm³/mol. The topological polar surface area (TPSA) is 75.5 Å². The molecule has 2 aromatic heterocycles. The number of rotatable bonds is 6. The van der Waals surface area contributed by atoms with Crippen LogP contribution < -0.4 is 4.74 Å². The molecule has 0 aliphatic carbocycles. The summed E-state index contributed by atoms with van der Waals surface area (Å²) >= 11 is 1.56. The molecule has 0 atom stereocenters. The number of aromatic nitrogens is 3. The fourth-order valence-corrected chi connectivity index (χ4v) is 2.75. The van der Waals surface area contributed by atoms with Gasteiger partial charge in [-0.1, -0.05) is 0 Å². The Morgan fingerprint density at radius 3 is 2.70 bits per heavy atom. The number of esters is 1. The molecular formula is C15H19N3O4S. The van der Waals surface area contributed by atoms with Crippen molar-refractivity contribution in [1.82, 2.24) is 14.8 Å². The molecule has 0 amide bonds. The van der Waals surface area contributed by atoms with Gasteiger partial charge < -0.3 is 14.2 Å². The third-order valence-corrected chi connectivity index (χ3v) is 3.92. The summed E-state index contributed by atoms with van der Waals surface area (Å²) in [5, 5.41) is 7.23. The number of nitrogens with zero attached hydrogens (tertiary/aromatic N) is 3. The van der Waals surface area contributed by atoms with Gasteiger partial charge in [0, 0.05) is 12.4 Å². The predicted octanol–water partition coefficient (Wildman–Crippen LogP) is 2.23. The van der Waals surface area contributed by atoms with Crippen molar-refractivity contribution in [3.8, 4) is 5.75 Å². The summed E-state index contributed by atoms with van der Waals surface area (Å²) in [7, 11) is 4.51. The van der Waals surface area contributed by atoms with Gasteiger partial charge in [0.1, 0.15) is 23.6 Å². The van der Waals surface area contributed by atoms with Gasteiger partial charge in [0.25, 0.3) is 0 Å². The van der Waals surface area contributed by atoms with Crippen LogP contribution in [0.2, 0.25) is 0 Å². The Morgan fingerprint density at radius 2 is 2.13 bits per heavy atom. The maximum atomic E-state index is 12.0. The van der Waals surface area contributed by atoms with Crippen LogP contribution in [-0.4, -0.2) is 35.0 Å². The Hall–Kier alpha value is -2.35. The average Bonchev–Trinajstić information content (AvgIpc) is 3.05. The fourth-order valence-electron chi connectivity index (χ4n) is 2.16. The van der Waals surface area contributed by atoms with Gasteiger partial charge in [-0.15, -0.1) is 11.3 Å². The summed E-state index contributed by atoms with van der Waals surface area (Å²) in [6, 6.07) is 0. The first-order chi connectivity index (χ1) is 11.0. The third-order valence-electron chi connectivity index (χ3n) is 3.09. The van der Waals surface area contributed by atoms with E-state index in [2.05, 4.69) is 10.1 Å². The van der Waals surface area contributed by atoms with Gasteiger partial charge in [-0.05, 0) is 13.8 Å². The van der Waals surface area contributed by atoms with Crippen LogP contribution in [-0.2, 0) is 27.9 Å². The number of carbonyl (C=O) groups is 1. The van der Waals surface area contributed by atoms with Gasteiger partial charge in [-0.3, -0.25) is 4.68 Å². The number of aryl methyl sites for hydroxylation is 3. The van der Waals surface area contributed by atoms with E-state index in [1.165, 1.54) is 20.5 Å². The number of hydrogen-bond acceptors (Lipinski definition) is 7. The lowest BCUT2D eigenvalue weighted by atomic mass is 10.2. The van der Waals surface area contributed by atoms with Crippen LogP contribution >= 0.6 is 11.3 Å². The second kappa shape index (κ2) is 7.28. The van der Waals surface area contributed by atoms with Crippen molar-refractivity contribution in [2.45, 2.75) is 20.5 Å². The Bertz CT molecular complexity index is 733. The highest BCUT2D eigenvalue weighted by Crippen LogP contribution is 2.30. The van der Waals surface area contributed by atoms with Crippen molar-refractivity contribution >= 4 is 22.9 Å². The largest absolute Gasteiger partial charge is 0.503 e. The summed E-state index contributed by atoms with van der Waals surface area (Å²) in [6.45, 7) is 4.05. The van der Waals surface area contributed by atoms with Crippen LogP contribution in [0.4, 0.5) is 0 Å². The number of hydrogen-bond donors (Lipinski definition) is 0. The minimum Gasteiger partial charge on any atom is -0.503 e. The molecular weight excluding hydrogens is 318 g/mol. The second-order valence-electron chi connectivity index (χ2n) is 4.79. The number of ether oxygens (including phenoxy) is 3. The Balaban J connectivity index is 2.36. The highest BCUT2D eigenvalue weighted by molar-refractivity contribution is 7.09. The first-order valence-electron chi connectivity index (χ1n) is 6.87. The molecule has 0 fully saturated rings. The molecule has 23 heavy (non-hydrogen) atoms. The molecule has 0 aromatic carbocycles. The quantitative estimate of drug-likeness (QED) is 0.457. The fraction of sp³-hybridized carbons (Fsp3) is 0.400. The Morgan fingerprint density at radius 1 is 1.39 bits per heavy atom. The minimum absolute atomic E-state index is 0.238. The van der Waals surface area contributed by atoms with Gasteiger partial charge in [0.2, 0.25) is 0 Å². The maximum absolute atomic E-state index is 12.0. The molecule has 2 aromatic rings. The summed E-state index contributed by atoms with van der Waals surface area (Å²) in [6.07, 6.45) is 1.32. The average molecular weight is 337 g/mol. The third kappa shape index (κ3) is 3.70. The van der Waals surface area contributed by atoms with Gasteiger partial charge in [-0.2, -0.15) is 5.10 Å². The van der Waals surface area contributed by atoms with E-state index in [1.54, 1.807) is 23.1 Å². The van der Waals surface area contributed by atoms with E-state index in [-0.39, 0.29) is 5.57 Å². The SMILES string of the molecule is COC=C(C(=O)OC)c1c(OCc2csc(C)n2)c(C)nn1C. The highest BCUT2D eigenvalue weighted by Gasteiger charge is 2.25. The van der Waals surface area contributed by atoms with Gasteiger partial charge in [-0.25, -0.2) is 9.78 Å². The molecule has 0 aliphatic heterocycles. The number of thiazole rings is 1.